The third-order valence-corrected chi connectivity index (χ3v) is 3.78. The third kappa shape index (κ3) is 5.55. The van der Waals surface area contributed by atoms with Crippen LogP contribution >= 0.6 is 0 Å². The van der Waals surface area contributed by atoms with Gasteiger partial charge in [0.1, 0.15) is 11.4 Å². The average Bonchev–Trinajstić information content (AvgIpc) is 3.05. The minimum atomic E-state index is -0.0982. The topological polar surface area (TPSA) is 52.3 Å². The zero-order valence-electron chi connectivity index (χ0n) is 14.0. The third-order valence-electron chi connectivity index (χ3n) is 3.78. The average molecular weight is 315 g/mol. The molecule has 0 N–H and O–H groups in total. The van der Waals surface area contributed by atoms with E-state index in [1.807, 2.05) is 24.3 Å². The van der Waals surface area contributed by atoms with E-state index in [-0.39, 0.29) is 5.78 Å². The molecule has 0 radical (unpaired) electrons. The Kier molecular flexibility index (Phi) is 6.85. The summed E-state index contributed by atoms with van der Waals surface area (Å²) in [5.41, 5.74) is 1.24. The Labute approximate surface area is 137 Å². The molecule has 0 unspecified atom stereocenters. The standard InChI is InChI=1S/C19H25NO3/c1-3-4-5-6-7-8-13-22-17-11-9-16(10-12-17)19-14-18(15(2)21)20-23-19/h9-12,14H,3-8,13H2,1-2H3. The summed E-state index contributed by atoms with van der Waals surface area (Å²) in [7, 11) is 0. The maximum Gasteiger partial charge on any atom is 0.181 e. The normalized spacial score (nSPS) is 10.7. The highest BCUT2D eigenvalue weighted by Gasteiger charge is 2.09. The van der Waals surface area contributed by atoms with E-state index in [9.17, 15) is 4.79 Å². The van der Waals surface area contributed by atoms with Crippen molar-refractivity contribution in [3.8, 4) is 17.1 Å². The van der Waals surface area contributed by atoms with Gasteiger partial charge in [-0.25, -0.2) is 0 Å². The highest BCUT2D eigenvalue weighted by molar-refractivity contribution is 5.92. The molecule has 1 heterocycles. The summed E-state index contributed by atoms with van der Waals surface area (Å²) in [6, 6.07) is 9.33. The highest BCUT2D eigenvalue weighted by Crippen LogP contribution is 2.23. The summed E-state index contributed by atoms with van der Waals surface area (Å²) in [4.78, 5) is 11.2. The summed E-state index contributed by atoms with van der Waals surface area (Å²) in [5, 5.41) is 3.75. The number of rotatable bonds is 10. The van der Waals surface area contributed by atoms with Crippen molar-refractivity contribution in [3.05, 3.63) is 36.0 Å². The second-order valence-electron chi connectivity index (χ2n) is 5.77. The van der Waals surface area contributed by atoms with Gasteiger partial charge in [-0.15, -0.1) is 0 Å². The van der Waals surface area contributed by atoms with Crippen LogP contribution in [0.5, 0.6) is 5.75 Å². The van der Waals surface area contributed by atoms with Gasteiger partial charge in [0, 0.05) is 18.6 Å². The number of hydrogen-bond donors (Lipinski definition) is 0. The van der Waals surface area contributed by atoms with Gasteiger partial charge in [0.2, 0.25) is 0 Å². The van der Waals surface area contributed by atoms with Gasteiger partial charge in [-0.1, -0.05) is 44.2 Å². The Morgan fingerprint density at radius 3 is 2.43 bits per heavy atom. The van der Waals surface area contributed by atoms with Gasteiger partial charge >= 0.3 is 0 Å². The van der Waals surface area contributed by atoms with Crippen molar-refractivity contribution in [1.29, 1.82) is 0 Å². The molecule has 2 rings (SSSR count). The van der Waals surface area contributed by atoms with Gasteiger partial charge < -0.3 is 9.26 Å². The van der Waals surface area contributed by atoms with Gasteiger partial charge in [-0.2, -0.15) is 0 Å². The van der Waals surface area contributed by atoms with Crippen molar-refractivity contribution in [2.24, 2.45) is 0 Å². The van der Waals surface area contributed by atoms with Gasteiger partial charge in [0.25, 0.3) is 0 Å². The van der Waals surface area contributed by atoms with Crippen LogP contribution in [0.25, 0.3) is 11.3 Å². The first-order chi connectivity index (χ1) is 11.2. The van der Waals surface area contributed by atoms with Crippen molar-refractivity contribution in [1.82, 2.24) is 5.16 Å². The van der Waals surface area contributed by atoms with Crippen molar-refractivity contribution < 1.29 is 14.1 Å². The number of nitrogens with zero attached hydrogens (tertiary/aromatic N) is 1. The molecule has 0 saturated heterocycles. The van der Waals surface area contributed by atoms with Crippen LogP contribution in [-0.4, -0.2) is 17.5 Å². The fraction of sp³-hybridized carbons (Fsp3) is 0.474. The molecular weight excluding hydrogens is 290 g/mol. The van der Waals surface area contributed by atoms with E-state index in [4.69, 9.17) is 9.26 Å². The van der Waals surface area contributed by atoms with Gasteiger partial charge in [0.05, 0.1) is 6.61 Å². The fourth-order valence-corrected chi connectivity index (χ4v) is 2.37. The SMILES string of the molecule is CCCCCCCCOc1ccc(-c2cc(C(C)=O)no2)cc1. The second kappa shape index (κ2) is 9.13. The first-order valence-electron chi connectivity index (χ1n) is 8.41. The minimum absolute atomic E-state index is 0.0982. The zero-order chi connectivity index (χ0) is 16.5. The Morgan fingerprint density at radius 1 is 1.09 bits per heavy atom. The molecule has 0 amide bonds. The molecule has 0 fully saturated rings. The number of carbonyl (C=O) groups excluding carboxylic acids is 1. The lowest BCUT2D eigenvalue weighted by Gasteiger charge is -2.06. The molecule has 0 aliphatic heterocycles. The molecule has 2 aromatic rings. The summed E-state index contributed by atoms with van der Waals surface area (Å²) in [5.74, 6) is 1.35. The summed E-state index contributed by atoms with van der Waals surface area (Å²) in [6.07, 6.45) is 7.54. The molecule has 0 bridgehead atoms. The van der Waals surface area contributed by atoms with Crippen molar-refractivity contribution in [2.45, 2.75) is 52.4 Å². The summed E-state index contributed by atoms with van der Waals surface area (Å²) < 4.78 is 10.9. The van der Waals surface area contributed by atoms with Crippen LogP contribution in [0.4, 0.5) is 0 Å². The van der Waals surface area contributed by atoms with Crippen LogP contribution in [0.3, 0.4) is 0 Å². The van der Waals surface area contributed by atoms with E-state index >= 15 is 0 Å². The predicted molar refractivity (Wildman–Crippen MR) is 90.8 cm³/mol. The largest absolute Gasteiger partial charge is 0.494 e. The molecule has 1 aromatic carbocycles. The molecule has 0 aliphatic carbocycles. The van der Waals surface area contributed by atoms with E-state index in [2.05, 4.69) is 12.1 Å². The molecule has 0 saturated carbocycles. The van der Waals surface area contributed by atoms with Gasteiger partial charge in [-0.3, -0.25) is 4.79 Å². The smallest absolute Gasteiger partial charge is 0.181 e. The van der Waals surface area contributed by atoms with E-state index in [0.29, 0.717) is 11.5 Å². The molecule has 0 atom stereocenters. The first-order valence-corrected chi connectivity index (χ1v) is 8.41. The number of aromatic nitrogens is 1. The number of ketones is 1. The lowest BCUT2D eigenvalue weighted by atomic mass is 10.1. The Hall–Kier alpha value is -2.10. The lowest BCUT2D eigenvalue weighted by molar-refractivity contribution is 0.100. The number of unbranched alkanes of at least 4 members (excludes halogenated alkanes) is 5. The number of benzene rings is 1. The Balaban J connectivity index is 1.77. The Bertz CT molecular complexity index is 601. The molecular formula is C19H25NO3. The van der Waals surface area contributed by atoms with Crippen molar-refractivity contribution in [3.63, 3.8) is 0 Å². The van der Waals surface area contributed by atoms with Crippen LogP contribution in [0.1, 0.15) is 62.9 Å². The van der Waals surface area contributed by atoms with Crippen LogP contribution in [-0.2, 0) is 0 Å². The number of Topliss-reactive ketones (excluding diaryl/α,β-unsaturated/α-hetero) is 1. The quantitative estimate of drug-likeness (QED) is 0.442. The first kappa shape index (κ1) is 17.3. The van der Waals surface area contributed by atoms with E-state index in [0.717, 1.165) is 24.3 Å². The molecule has 1 aromatic heterocycles. The summed E-state index contributed by atoms with van der Waals surface area (Å²) in [6.45, 7) is 4.45. The molecule has 0 aliphatic rings. The van der Waals surface area contributed by atoms with E-state index < -0.39 is 0 Å². The van der Waals surface area contributed by atoms with Gasteiger partial charge in [-0.05, 0) is 30.7 Å². The van der Waals surface area contributed by atoms with Crippen molar-refractivity contribution >= 4 is 5.78 Å². The lowest BCUT2D eigenvalue weighted by Crippen LogP contribution is -1.97. The number of ether oxygens (including phenoxy) is 1. The molecule has 23 heavy (non-hydrogen) atoms. The number of carbonyl (C=O) groups is 1. The Morgan fingerprint density at radius 2 is 1.78 bits per heavy atom. The van der Waals surface area contributed by atoms with Crippen LogP contribution in [0.2, 0.25) is 0 Å². The maximum atomic E-state index is 11.2. The second-order valence-corrected chi connectivity index (χ2v) is 5.77. The molecule has 124 valence electrons. The summed E-state index contributed by atoms with van der Waals surface area (Å²) >= 11 is 0. The molecule has 4 nitrogen and oxygen atoms in total. The van der Waals surface area contributed by atoms with E-state index in [1.165, 1.54) is 39.0 Å². The minimum Gasteiger partial charge on any atom is -0.494 e. The van der Waals surface area contributed by atoms with E-state index in [1.54, 1.807) is 6.07 Å². The monoisotopic (exact) mass is 315 g/mol. The number of hydrogen-bond acceptors (Lipinski definition) is 4. The maximum absolute atomic E-state index is 11.2. The zero-order valence-corrected chi connectivity index (χ0v) is 14.0. The molecule has 4 heteroatoms. The van der Waals surface area contributed by atoms with Crippen LogP contribution < -0.4 is 4.74 Å². The fourth-order valence-electron chi connectivity index (χ4n) is 2.37. The van der Waals surface area contributed by atoms with Crippen LogP contribution in [0.15, 0.2) is 34.9 Å². The highest BCUT2D eigenvalue weighted by atomic mass is 16.5. The molecule has 0 spiro atoms. The van der Waals surface area contributed by atoms with Gasteiger partial charge in [0.15, 0.2) is 11.5 Å². The van der Waals surface area contributed by atoms with Crippen LogP contribution in [0, 0.1) is 0 Å². The van der Waals surface area contributed by atoms with Crippen molar-refractivity contribution in [2.75, 3.05) is 6.61 Å². The predicted octanol–water partition coefficient (Wildman–Crippen LogP) is 5.28.